The number of ether oxygens (including phenoxy) is 2. The van der Waals surface area contributed by atoms with Gasteiger partial charge in [0.2, 0.25) is 11.6 Å². The van der Waals surface area contributed by atoms with Crippen LogP contribution >= 0.6 is 0 Å². The summed E-state index contributed by atoms with van der Waals surface area (Å²) in [5.74, 6) is 2.35. The first kappa shape index (κ1) is 16.0. The topological polar surface area (TPSA) is 48.3 Å². The van der Waals surface area contributed by atoms with Crippen molar-refractivity contribution >= 4 is 5.69 Å². The van der Waals surface area contributed by atoms with Gasteiger partial charge in [-0.05, 0) is 57.0 Å². The largest absolute Gasteiger partial charge is 0.457 e. The predicted molar refractivity (Wildman–Crippen MR) is 105 cm³/mol. The zero-order chi connectivity index (χ0) is 18.8. The van der Waals surface area contributed by atoms with Crippen LogP contribution in [0.5, 0.6) is 11.6 Å². The Balaban J connectivity index is 1.71. The summed E-state index contributed by atoms with van der Waals surface area (Å²) in [5.41, 5.74) is 5.25. The number of aromatic nitrogens is 2. The van der Waals surface area contributed by atoms with Crippen LogP contribution < -0.4 is 14.8 Å². The summed E-state index contributed by atoms with van der Waals surface area (Å²) < 4.78 is 14.5. The number of fused-ring (bicyclic) bond motifs is 3. The van der Waals surface area contributed by atoms with Crippen LogP contribution in [-0.4, -0.2) is 9.78 Å². The Bertz CT molecular complexity index is 1100. The number of hydrogen-bond acceptors (Lipinski definition) is 4. The average molecular weight is 359 g/mol. The van der Waals surface area contributed by atoms with Crippen molar-refractivity contribution in [2.45, 2.75) is 33.4 Å². The van der Waals surface area contributed by atoms with Crippen molar-refractivity contribution in [2.75, 3.05) is 5.32 Å². The number of allylic oxidation sites excluding steroid dienone is 1. The van der Waals surface area contributed by atoms with E-state index >= 15 is 0 Å². The maximum Gasteiger partial charge on any atom is 0.237 e. The number of para-hydroxylation sites is 1. The van der Waals surface area contributed by atoms with Gasteiger partial charge in [0.15, 0.2) is 0 Å². The van der Waals surface area contributed by atoms with E-state index in [-0.39, 0.29) is 0 Å². The fraction of sp³-hybridized carbons (Fsp3) is 0.227. The quantitative estimate of drug-likeness (QED) is 0.681. The third kappa shape index (κ3) is 2.21. The van der Waals surface area contributed by atoms with Crippen molar-refractivity contribution in [2.24, 2.45) is 0 Å². The second-order valence-corrected chi connectivity index (χ2v) is 7.22. The van der Waals surface area contributed by atoms with Crippen molar-refractivity contribution in [3.63, 3.8) is 0 Å². The number of hydrogen-bond donors (Lipinski definition) is 1. The Morgan fingerprint density at radius 2 is 1.78 bits per heavy atom. The molecule has 0 amide bonds. The number of rotatable bonds is 1. The fourth-order valence-corrected chi connectivity index (χ4v) is 3.90. The van der Waals surface area contributed by atoms with Gasteiger partial charge in [0, 0.05) is 6.08 Å². The van der Waals surface area contributed by atoms with Crippen LogP contribution in [0, 0.1) is 20.8 Å². The van der Waals surface area contributed by atoms with Crippen molar-refractivity contribution < 1.29 is 9.47 Å². The molecule has 1 atom stereocenters. The summed E-state index contributed by atoms with van der Waals surface area (Å²) in [4.78, 5) is 0. The Morgan fingerprint density at radius 3 is 2.56 bits per heavy atom. The molecule has 3 aromatic rings. The van der Waals surface area contributed by atoms with E-state index in [0.717, 1.165) is 39.7 Å². The van der Waals surface area contributed by atoms with Crippen LogP contribution in [0.2, 0.25) is 0 Å². The molecule has 27 heavy (non-hydrogen) atoms. The Morgan fingerprint density at radius 1 is 1.00 bits per heavy atom. The lowest BCUT2D eigenvalue weighted by Crippen LogP contribution is -2.38. The van der Waals surface area contributed by atoms with E-state index in [4.69, 9.17) is 14.6 Å². The Labute approximate surface area is 158 Å². The first-order valence-electron chi connectivity index (χ1n) is 9.09. The average Bonchev–Trinajstić information content (AvgIpc) is 3.18. The van der Waals surface area contributed by atoms with Crippen LogP contribution in [-0.2, 0) is 5.72 Å². The van der Waals surface area contributed by atoms with E-state index in [1.807, 2.05) is 54.9 Å². The fourth-order valence-electron chi connectivity index (χ4n) is 3.90. The molecule has 0 saturated heterocycles. The zero-order valence-corrected chi connectivity index (χ0v) is 15.8. The van der Waals surface area contributed by atoms with Crippen LogP contribution in [0.15, 0.2) is 54.3 Å². The van der Waals surface area contributed by atoms with E-state index < -0.39 is 5.72 Å². The molecular formula is C22H21N3O2. The van der Waals surface area contributed by atoms with Gasteiger partial charge in [-0.2, -0.15) is 5.10 Å². The second kappa shape index (κ2) is 5.39. The molecule has 3 heterocycles. The van der Waals surface area contributed by atoms with E-state index in [1.54, 1.807) is 0 Å². The minimum atomic E-state index is -0.810. The van der Waals surface area contributed by atoms with Gasteiger partial charge in [-0.15, -0.1) is 0 Å². The van der Waals surface area contributed by atoms with Gasteiger partial charge < -0.3 is 14.8 Å². The van der Waals surface area contributed by atoms with E-state index in [2.05, 4.69) is 31.3 Å². The first-order chi connectivity index (χ1) is 13.0. The van der Waals surface area contributed by atoms with Gasteiger partial charge >= 0.3 is 0 Å². The maximum atomic E-state index is 6.55. The molecule has 5 heteroatoms. The van der Waals surface area contributed by atoms with E-state index in [0.29, 0.717) is 5.88 Å². The van der Waals surface area contributed by atoms with Gasteiger partial charge in [-0.25, -0.2) is 4.68 Å². The van der Waals surface area contributed by atoms with Gasteiger partial charge in [0.05, 0.1) is 17.1 Å². The van der Waals surface area contributed by atoms with E-state index in [9.17, 15) is 0 Å². The molecule has 2 aliphatic rings. The van der Waals surface area contributed by atoms with Crippen molar-refractivity contribution in [3.8, 4) is 17.3 Å². The number of aryl methyl sites for hydroxylation is 2. The molecule has 0 saturated carbocycles. The molecule has 1 spiro atoms. The molecule has 5 rings (SSSR count). The Hall–Kier alpha value is -3.21. The predicted octanol–water partition coefficient (Wildman–Crippen LogP) is 4.75. The van der Waals surface area contributed by atoms with Gasteiger partial charge in [-0.1, -0.05) is 24.3 Å². The lowest BCUT2D eigenvalue weighted by molar-refractivity contribution is 0.152. The molecule has 1 aromatic heterocycles. The molecule has 2 aromatic carbocycles. The monoisotopic (exact) mass is 359 g/mol. The van der Waals surface area contributed by atoms with Crippen molar-refractivity contribution in [1.29, 1.82) is 0 Å². The maximum absolute atomic E-state index is 6.55. The Kier molecular flexibility index (Phi) is 3.20. The SMILES string of the molecule is CC1=C[C@@]2(Nc3ccc(C)c(C)c3O2)c2c(C)nn(-c3ccccc3)c2O1. The van der Waals surface area contributed by atoms with Gasteiger partial charge in [0.25, 0.3) is 0 Å². The molecule has 1 N–H and O–H groups in total. The smallest absolute Gasteiger partial charge is 0.237 e. The highest BCUT2D eigenvalue weighted by Gasteiger charge is 2.48. The second-order valence-electron chi connectivity index (χ2n) is 7.22. The number of anilines is 1. The van der Waals surface area contributed by atoms with Crippen molar-refractivity contribution in [3.05, 3.63) is 76.7 Å². The summed E-state index contributed by atoms with van der Waals surface area (Å²) in [6.45, 7) is 8.11. The normalized spacial score (nSPS) is 19.6. The highest BCUT2D eigenvalue weighted by atomic mass is 16.5. The molecule has 2 aliphatic heterocycles. The summed E-state index contributed by atoms with van der Waals surface area (Å²) in [5, 5.41) is 8.34. The molecule has 0 bridgehead atoms. The third-order valence-electron chi connectivity index (χ3n) is 5.31. The van der Waals surface area contributed by atoms with Crippen LogP contribution in [0.1, 0.15) is 29.3 Å². The number of benzene rings is 2. The minimum Gasteiger partial charge on any atom is -0.457 e. The lowest BCUT2D eigenvalue weighted by atomic mass is 10.0. The molecule has 5 nitrogen and oxygen atoms in total. The van der Waals surface area contributed by atoms with Crippen molar-refractivity contribution in [1.82, 2.24) is 9.78 Å². The van der Waals surface area contributed by atoms with E-state index in [1.165, 1.54) is 5.56 Å². The van der Waals surface area contributed by atoms with Gasteiger partial charge in [-0.3, -0.25) is 0 Å². The third-order valence-corrected chi connectivity index (χ3v) is 5.31. The van der Waals surface area contributed by atoms with Crippen LogP contribution in [0.3, 0.4) is 0 Å². The molecule has 0 aliphatic carbocycles. The molecule has 136 valence electrons. The minimum absolute atomic E-state index is 0.688. The highest BCUT2D eigenvalue weighted by Crippen LogP contribution is 2.50. The highest BCUT2D eigenvalue weighted by molar-refractivity contribution is 5.70. The summed E-state index contributed by atoms with van der Waals surface area (Å²) in [6, 6.07) is 14.2. The molecule has 0 unspecified atom stereocenters. The molecule has 0 radical (unpaired) electrons. The zero-order valence-electron chi connectivity index (χ0n) is 15.8. The summed E-state index contributed by atoms with van der Waals surface area (Å²) in [6.07, 6.45) is 1.99. The van der Waals surface area contributed by atoms with Crippen LogP contribution in [0.25, 0.3) is 5.69 Å². The number of nitrogens with one attached hydrogen (secondary N) is 1. The first-order valence-corrected chi connectivity index (χ1v) is 9.09. The molecule has 0 fully saturated rings. The lowest BCUT2D eigenvalue weighted by Gasteiger charge is -2.31. The summed E-state index contributed by atoms with van der Waals surface area (Å²) >= 11 is 0. The van der Waals surface area contributed by atoms with Gasteiger partial charge in [0.1, 0.15) is 17.1 Å². The summed E-state index contributed by atoms with van der Waals surface area (Å²) in [7, 11) is 0. The standard InChI is InChI=1S/C22H21N3O2/c1-13-10-11-18-20(15(13)3)27-22(23-18)12-14(2)26-21-19(22)16(4)24-25(21)17-8-6-5-7-9-17/h5-12,23H,1-4H3/t22-/m0/s1. The molecular weight excluding hydrogens is 338 g/mol. The van der Waals surface area contributed by atoms with Crippen LogP contribution in [0.4, 0.5) is 5.69 Å². The number of nitrogens with zero attached hydrogens (tertiary/aromatic N) is 2.